The summed E-state index contributed by atoms with van der Waals surface area (Å²) in [5.41, 5.74) is -1.72. The van der Waals surface area contributed by atoms with E-state index in [1.54, 1.807) is 13.8 Å². The zero-order valence-electron chi connectivity index (χ0n) is 11.0. The predicted molar refractivity (Wildman–Crippen MR) is 72.3 cm³/mol. The maximum atomic E-state index is 12.2. The van der Waals surface area contributed by atoms with Crippen molar-refractivity contribution in [2.45, 2.75) is 32.2 Å². The van der Waals surface area contributed by atoms with Gasteiger partial charge in [0.15, 0.2) is 0 Å². The van der Waals surface area contributed by atoms with Crippen molar-refractivity contribution >= 4 is 23.2 Å². The van der Waals surface area contributed by atoms with Crippen molar-refractivity contribution in [1.82, 2.24) is 10.3 Å². The molecule has 0 unspecified atom stereocenters. The van der Waals surface area contributed by atoms with Gasteiger partial charge in [-0.15, -0.1) is 0 Å². The van der Waals surface area contributed by atoms with Gasteiger partial charge in [-0.2, -0.15) is 5.26 Å². The fourth-order valence-electron chi connectivity index (χ4n) is 1.65. The molecule has 0 saturated carbocycles. The topological polar surface area (TPSA) is 109 Å². The molecule has 1 aromatic rings. The van der Waals surface area contributed by atoms with Crippen LogP contribution in [-0.2, 0) is 0 Å². The molecule has 20 heavy (non-hydrogen) atoms. The van der Waals surface area contributed by atoms with Gasteiger partial charge in [-0.25, -0.2) is 4.98 Å². The molecule has 1 rings (SSSR count). The maximum Gasteiger partial charge on any atom is 0.300 e. The van der Waals surface area contributed by atoms with E-state index in [0.717, 1.165) is 12.3 Å². The molecule has 0 saturated heterocycles. The number of nitro groups is 1. The third-order valence-electron chi connectivity index (χ3n) is 3.06. The number of nitriles is 1. The van der Waals surface area contributed by atoms with Crippen LogP contribution in [0.3, 0.4) is 0 Å². The van der Waals surface area contributed by atoms with Gasteiger partial charge in [-0.1, -0.05) is 25.4 Å². The summed E-state index contributed by atoms with van der Waals surface area (Å²) in [6.45, 7) is 3.50. The van der Waals surface area contributed by atoms with Crippen LogP contribution >= 0.6 is 11.6 Å². The summed E-state index contributed by atoms with van der Waals surface area (Å²) in [6, 6.07) is 3.14. The fourth-order valence-corrected chi connectivity index (χ4v) is 1.81. The molecule has 7 nitrogen and oxygen atoms in total. The first kappa shape index (κ1) is 15.9. The Morgan fingerprint density at radius 3 is 2.65 bits per heavy atom. The van der Waals surface area contributed by atoms with Crippen LogP contribution in [0.2, 0.25) is 5.15 Å². The molecule has 0 aliphatic rings. The zero-order valence-corrected chi connectivity index (χ0v) is 11.8. The highest BCUT2D eigenvalue weighted by Crippen LogP contribution is 2.22. The van der Waals surface area contributed by atoms with Gasteiger partial charge in [0, 0.05) is 0 Å². The van der Waals surface area contributed by atoms with Crippen molar-refractivity contribution in [2.24, 2.45) is 0 Å². The highest BCUT2D eigenvalue weighted by Gasteiger charge is 2.31. The molecule has 1 heterocycles. The van der Waals surface area contributed by atoms with Crippen LogP contribution in [0, 0.1) is 21.4 Å². The quantitative estimate of drug-likeness (QED) is 0.510. The lowest BCUT2D eigenvalue weighted by Gasteiger charge is -2.24. The van der Waals surface area contributed by atoms with Crippen LogP contribution in [-0.4, -0.2) is 21.4 Å². The van der Waals surface area contributed by atoms with Crippen LogP contribution in [0.1, 0.15) is 37.0 Å². The van der Waals surface area contributed by atoms with Crippen LogP contribution in [0.25, 0.3) is 0 Å². The molecule has 0 aromatic carbocycles. The molecule has 0 aliphatic carbocycles. The fraction of sp³-hybridized carbons (Fsp3) is 0.417. The summed E-state index contributed by atoms with van der Waals surface area (Å²) in [7, 11) is 0. The number of nitrogens with one attached hydrogen (secondary N) is 1. The summed E-state index contributed by atoms with van der Waals surface area (Å²) in [6.07, 6.45) is 1.69. The highest BCUT2D eigenvalue weighted by atomic mass is 35.5. The Morgan fingerprint density at radius 1 is 1.60 bits per heavy atom. The molecule has 1 amide bonds. The minimum absolute atomic E-state index is 0.0312. The number of nitrogens with zero attached hydrogens (tertiary/aromatic N) is 3. The number of rotatable bonds is 5. The molecule has 0 spiro atoms. The van der Waals surface area contributed by atoms with Gasteiger partial charge in [-0.05, 0) is 18.9 Å². The molecular formula is C12H13ClN4O3. The number of hydrogen-bond donors (Lipinski definition) is 1. The lowest BCUT2D eigenvalue weighted by atomic mass is 9.94. The number of amides is 1. The zero-order chi connectivity index (χ0) is 15.3. The minimum Gasteiger partial charge on any atom is -0.333 e. The largest absolute Gasteiger partial charge is 0.333 e. The summed E-state index contributed by atoms with van der Waals surface area (Å²) in [5.74, 6) is -0.716. The molecule has 0 aliphatic heterocycles. The van der Waals surface area contributed by atoms with E-state index in [2.05, 4.69) is 10.3 Å². The van der Waals surface area contributed by atoms with E-state index >= 15 is 0 Å². The van der Waals surface area contributed by atoms with Crippen molar-refractivity contribution < 1.29 is 9.72 Å². The van der Waals surface area contributed by atoms with Crippen LogP contribution in [0.4, 0.5) is 5.69 Å². The Hall–Kier alpha value is -2.20. The van der Waals surface area contributed by atoms with Crippen molar-refractivity contribution in [3.05, 3.63) is 33.1 Å². The Kier molecular flexibility index (Phi) is 5.00. The average Bonchev–Trinajstić information content (AvgIpc) is 2.44. The van der Waals surface area contributed by atoms with E-state index in [4.69, 9.17) is 16.9 Å². The first-order chi connectivity index (χ1) is 9.39. The lowest BCUT2D eigenvalue weighted by Crippen LogP contribution is -2.46. The first-order valence-electron chi connectivity index (χ1n) is 5.92. The van der Waals surface area contributed by atoms with Crippen molar-refractivity contribution in [3.8, 4) is 6.07 Å². The number of carbonyl (C=O) groups is 1. The summed E-state index contributed by atoms with van der Waals surface area (Å²) in [5, 5.41) is 22.6. The van der Waals surface area contributed by atoms with E-state index in [1.807, 2.05) is 6.07 Å². The van der Waals surface area contributed by atoms with Gasteiger partial charge in [0.1, 0.15) is 22.5 Å². The number of hydrogen-bond acceptors (Lipinski definition) is 5. The Morgan fingerprint density at radius 2 is 2.20 bits per heavy atom. The number of pyridine rings is 1. The van der Waals surface area contributed by atoms with Crippen molar-refractivity contribution in [2.75, 3.05) is 0 Å². The second-order valence-corrected chi connectivity index (χ2v) is 4.52. The standard InChI is InChI=1S/C12H13ClN4O3/c1-3-12(4-2,7-14)16-11(18)8-5-10(13)15-6-9(8)17(19)20/h5-6H,3-4H2,1-2H3,(H,16,18). The monoisotopic (exact) mass is 296 g/mol. The van der Waals surface area contributed by atoms with Gasteiger partial charge in [0.05, 0.1) is 11.0 Å². The number of halogens is 1. The third-order valence-corrected chi connectivity index (χ3v) is 3.27. The Bertz CT molecular complexity index is 579. The van der Waals surface area contributed by atoms with E-state index < -0.39 is 22.1 Å². The van der Waals surface area contributed by atoms with Crippen molar-refractivity contribution in [3.63, 3.8) is 0 Å². The van der Waals surface area contributed by atoms with Gasteiger partial charge in [0.25, 0.3) is 11.6 Å². The van der Waals surface area contributed by atoms with Gasteiger partial charge >= 0.3 is 0 Å². The van der Waals surface area contributed by atoms with Gasteiger partial charge in [0.2, 0.25) is 0 Å². The molecule has 1 aromatic heterocycles. The van der Waals surface area contributed by atoms with Crippen LogP contribution in [0.5, 0.6) is 0 Å². The SMILES string of the molecule is CCC(C#N)(CC)NC(=O)c1cc(Cl)ncc1[N+](=O)[O-]. The average molecular weight is 297 g/mol. The second kappa shape index (κ2) is 6.30. The van der Waals surface area contributed by atoms with Crippen LogP contribution < -0.4 is 5.32 Å². The van der Waals surface area contributed by atoms with Gasteiger partial charge in [-0.3, -0.25) is 14.9 Å². The highest BCUT2D eigenvalue weighted by molar-refractivity contribution is 6.29. The van der Waals surface area contributed by atoms with E-state index in [-0.39, 0.29) is 10.7 Å². The van der Waals surface area contributed by atoms with E-state index in [1.165, 1.54) is 0 Å². The molecule has 1 N–H and O–H groups in total. The van der Waals surface area contributed by atoms with Crippen LogP contribution in [0.15, 0.2) is 12.3 Å². The third kappa shape index (κ3) is 3.22. The molecule has 0 fully saturated rings. The normalized spacial score (nSPS) is 10.7. The molecule has 106 valence electrons. The summed E-state index contributed by atoms with van der Waals surface area (Å²) >= 11 is 5.66. The number of aromatic nitrogens is 1. The summed E-state index contributed by atoms with van der Waals surface area (Å²) in [4.78, 5) is 25.9. The van der Waals surface area contributed by atoms with E-state index in [0.29, 0.717) is 12.8 Å². The summed E-state index contributed by atoms with van der Waals surface area (Å²) < 4.78 is 0. The predicted octanol–water partition coefficient (Wildman–Crippen LogP) is 2.46. The molecule has 0 radical (unpaired) electrons. The molecule has 0 atom stereocenters. The van der Waals surface area contributed by atoms with Crippen molar-refractivity contribution in [1.29, 1.82) is 5.26 Å². The molecule has 8 heteroatoms. The maximum absolute atomic E-state index is 12.2. The number of carbonyl (C=O) groups excluding carboxylic acids is 1. The lowest BCUT2D eigenvalue weighted by molar-refractivity contribution is -0.385. The first-order valence-corrected chi connectivity index (χ1v) is 6.30. The van der Waals surface area contributed by atoms with E-state index in [9.17, 15) is 14.9 Å². The minimum atomic E-state index is -1.05. The second-order valence-electron chi connectivity index (χ2n) is 4.14. The smallest absolute Gasteiger partial charge is 0.300 e. The molecule has 0 bridgehead atoms. The molecular weight excluding hydrogens is 284 g/mol. The Labute approximate surface area is 120 Å². The van der Waals surface area contributed by atoms with Gasteiger partial charge < -0.3 is 5.32 Å². The Balaban J connectivity index is 3.19.